The maximum Gasteiger partial charge on any atom is 0.264 e. The second kappa shape index (κ2) is 12.9. The molecule has 1 N–H and O–H groups in total. The Balaban J connectivity index is 2.01. The predicted octanol–water partition coefficient (Wildman–Crippen LogP) is 4.93. The molecular formula is C28H31ClFN3O4S. The van der Waals surface area contributed by atoms with Gasteiger partial charge in [0.25, 0.3) is 10.0 Å². The van der Waals surface area contributed by atoms with Crippen LogP contribution in [-0.4, -0.2) is 44.3 Å². The highest BCUT2D eigenvalue weighted by molar-refractivity contribution is 7.92. The van der Waals surface area contributed by atoms with Crippen LogP contribution < -0.4 is 9.62 Å². The van der Waals surface area contributed by atoms with Crippen molar-refractivity contribution in [2.24, 2.45) is 0 Å². The van der Waals surface area contributed by atoms with Crippen LogP contribution in [0.1, 0.15) is 31.4 Å². The maximum atomic E-state index is 13.8. The number of hydrogen-bond donors (Lipinski definition) is 1. The van der Waals surface area contributed by atoms with Crippen LogP contribution in [0.25, 0.3) is 0 Å². The van der Waals surface area contributed by atoms with Gasteiger partial charge in [-0.3, -0.25) is 13.9 Å². The fourth-order valence-corrected chi connectivity index (χ4v) is 5.35. The summed E-state index contributed by atoms with van der Waals surface area (Å²) in [5, 5.41) is 3.07. The summed E-state index contributed by atoms with van der Waals surface area (Å²) in [5.74, 6) is -1.42. The van der Waals surface area contributed by atoms with Crippen molar-refractivity contribution < 1.29 is 22.4 Å². The lowest BCUT2D eigenvalue weighted by Gasteiger charge is -2.32. The van der Waals surface area contributed by atoms with Crippen LogP contribution in [0.5, 0.6) is 0 Å². The zero-order valence-corrected chi connectivity index (χ0v) is 23.1. The number of carbonyl (C=O) groups excluding carboxylic acids is 2. The summed E-state index contributed by atoms with van der Waals surface area (Å²) in [4.78, 5) is 27.9. The van der Waals surface area contributed by atoms with E-state index >= 15 is 0 Å². The smallest absolute Gasteiger partial charge is 0.264 e. The molecule has 2 amide bonds. The average molecular weight is 560 g/mol. The molecule has 7 nitrogen and oxygen atoms in total. The molecule has 10 heteroatoms. The first-order chi connectivity index (χ1) is 18.0. The third kappa shape index (κ3) is 7.33. The largest absolute Gasteiger partial charge is 0.354 e. The standard InChI is InChI=1S/C28H31ClFN3O4S/c1-4-16-31-28(35)21(3)32(18-22-10-12-24(30)13-11-22)27(34)19-33(25-7-5-6-23(29)17-25)38(36,37)26-14-8-20(2)9-15-26/h5-15,17,21H,4,16,18-19H2,1-3H3,(H,31,35)/t21-/m0/s1. The van der Waals surface area contributed by atoms with Crippen molar-refractivity contribution in [1.29, 1.82) is 0 Å². The minimum absolute atomic E-state index is 0.00898. The van der Waals surface area contributed by atoms with Crippen LogP contribution in [-0.2, 0) is 26.2 Å². The summed E-state index contributed by atoms with van der Waals surface area (Å²) < 4.78 is 42.0. The van der Waals surface area contributed by atoms with E-state index in [4.69, 9.17) is 11.6 Å². The Hall–Kier alpha value is -3.43. The fraction of sp³-hybridized carbons (Fsp3) is 0.286. The zero-order chi connectivity index (χ0) is 27.9. The molecule has 0 aliphatic carbocycles. The summed E-state index contributed by atoms with van der Waals surface area (Å²) >= 11 is 6.17. The quantitative estimate of drug-likeness (QED) is 0.361. The molecule has 3 aromatic rings. The Morgan fingerprint density at radius 2 is 1.68 bits per heavy atom. The number of rotatable bonds is 11. The lowest BCUT2D eigenvalue weighted by molar-refractivity contribution is -0.139. The van der Waals surface area contributed by atoms with Crippen molar-refractivity contribution >= 4 is 39.1 Å². The zero-order valence-electron chi connectivity index (χ0n) is 21.5. The van der Waals surface area contributed by atoms with Gasteiger partial charge < -0.3 is 10.2 Å². The van der Waals surface area contributed by atoms with Crippen molar-refractivity contribution in [1.82, 2.24) is 10.2 Å². The number of amides is 2. The lowest BCUT2D eigenvalue weighted by Crippen LogP contribution is -2.51. The summed E-state index contributed by atoms with van der Waals surface area (Å²) in [5.41, 5.74) is 1.67. The van der Waals surface area contributed by atoms with Crippen molar-refractivity contribution in [2.45, 2.75) is 44.7 Å². The molecule has 202 valence electrons. The van der Waals surface area contributed by atoms with Gasteiger partial charge in [0.05, 0.1) is 10.6 Å². The van der Waals surface area contributed by atoms with Gasteiger partial charge in [-0.1, -0.05) is 54.4 Å². The maximum absolute atomic E-state index is 13.8. The number of carbonyl (C=O) groups is 2. The Kier molecular flexibility index (Phi) is 9.88. The van der Waals surface area contributed by atoms with Gasteiger partial charge in [-0.05, 0) is 68.3 Å². The van der Waals surface area contributed by atoms with Crippen molar-refractivity contribution in [3.05, 3.63) is 94.8 Å². The second-order valence-corrected chi connectivity index (χ2v) is 11.2. The van der Waals surface area contributed by atoms with Gasteiger partial charge >= 0.3 is 0 Å². The number of nitrogens with zero attached hydrogens (tertiary/aromatic N) is 2. The van der Waals surface area contributed by atoms with E-state index in [9.17, 15) is 22.4 Å². The number of hydrogen-bond acceptors (Lipinski definition) is 4. The van der Waals surface area contributed by atoms with Gasteiger partial charge in [0.2, 0.25) is 11.8 Å². The van der Waals surface area contributed by atoms with Crippen LogP contribution >= 0.6 is 11.6 Å². The van der Waals surface area contributed by atoms with Gasteiger partial charge in [0.1, 0.15) is 18.4 Å². The highest BCUT2D eigenvalue weighted by atomic mass is 35.5. The summed E-state index contributed by atoms with van der Waals surface area (Å²) in [7, 11) is -4.18. The molecular weight excluding hydrogens is 529 g/mol. The molecule has 0 aliphatic rings. The predicted molar refractivity (Wildman–Crippen MR) is 147 cm³/mol. The molecule has 0 unspecified atom stereocenters. The van der Waals surface area contributed by atoms with Crippen molar-refractivity contribution in [2.75, 3.05) is 17.4 Å². The van der Waals surface area contributed by atoms with E-state index in [1.54, 1.807) is 37.3 Å². The molecule has 0 aliphatic heterocycles. The van der Waals surface area contributed by atoms with Crippen molar-refractivity contribution in [3.63, 3.8) is 0 Å². The third-order valence-electron chi connectivity index (χ3n) is 5.97. The fourth-order valence-electron chi connectivity index (χ4n) is 3.76. The molecule has 0 saturated carbocycles. The summed E-state index contributed by atoms with van der Waals surface area (Å²) in [6, 6.07) is 17.2. The molecule has 0 heterocycles. The van der Waals surface area contributed by atoms with E-state index in [1.165, 1.54) is 47.4 Å². The molecule has 0 radical (unpaired) electrons. The van der Waals surface area contributed by atoms with Crippen LogP contribution in [0.2, 0.25) is 5.02 Å². The molecule has 0 bridgehead atoms. The number of sulfonamides is 1. The van der Waals surface area contributed by atoms with Crippen LogP contribution in [0.4, 0.5) is 10.1 Å². The van der Waals surface area contributed by atoms with Gasteiger partial charge in [-0.25, -0.2) is 12.8 Å². The number of aryl methyl sites for hydroxylation is 1. The van der Waals surface area contributed by atoms with Crippen molar-refractivity contribution in [3.8, 4) is 0 Å². The first-order valence-electron chi connectivity index (χ1n) is 12.2. The Morgan fingerprint density at radius 3 is 2.29 bits per heavy atom. The molecule has 0 saturated heterocycles. The van der Waals surface area contributed by atoms with E-state index in [-0.39, 0.29) is 23.0 Å². The number of nitrogens with one attached hydrogen (secondary N) is 1. The molecule has 0 fully saturated rings. The highest BCUT2D eigenvalue weighted by Crippen LogP contribution is 2.27. The number of benzene rings is 3. The SMILES string of the molecule is CCCNC(=O)[C@H](C)N(Cc1ccc(F)cc1)C(=O)CN(c1cccc(Cl)c1)S(=O)(=O)c1ccc(C)cc1. The van der Waals surface area contributed by atoms with Gasteiger partial charge in [-0.2, -0.15) is 0 Å². The monoisotopic (exact) mass is 559 g/mol. The first-order valence-corrected chi connectivity index (χ1v) is 14.0. The normalized spacial score (nSPS) is 12.0. The minimum Gasteiger partial charge on any atom is -0.354 e. The van der Waals surface area contributed by atoms with E-state index in [0.29, 0.717) is 23.6 Å². The van der Waals surface area contributed by atoms with Gasteiger partial charge in [-0.15, -0.1) is 0 Å². The number of anilines is 1. The van der Waals surface area contributed by atoms with E-state index in [2.05, 4.69) is 5.32 Å². The Morgan fingerprint density at radius 1 is 1.03 bits per heavy atom. The van der Waals surface area contributed by atoms with Crippen LogP contribution in [0.3, 0.4) is 0 Å². The molecule has 1 atom stereocenters. The summed E-state index contributed by atoms with van der Waals surface area (Å²) in [6.45, 7) is 5.15. The molecule has 0 aromatic heterocycles. The summed E-state index contributed by atoms with van der Waals surface area (Å²) in [6.07, 6.45) is 0.710. The third-order valence-corrected chi connectivity index (χ3v) is 7.99. The van der Waals surface area contributed by atoms with Gasteiger partial charge in [0.15, 0.2) is 0 Å². The first kappa shape index (κ1) is 29.1. The minimum atomic E-state index is -4.18. The highest BCUT2D eigenvalue weighted by Gasteiger charge is 2.32. The van der Waals surface area contributed by atoms with Crippen LogP contribution in [0.15, 0.2) is 77.7 Å². The second-order valence-electron chi connectivity index (χ2n) is 8.92. The average Bonchev–Trinajstić information content (AvgIpc) is 2.89. The molecule has 3 rings (SSSR count). The molecule has 3 aromatic carbocycles. The Bertz CT molecular complexity index is 1370. The number of halogens is 2. The Labute approximate surface area is 228 Å². The van der Waals surface area contributed by atoms with E-state index in [1.807, 2.05) is 13.8 Å². The van der Waals surface area contributed by atoms with Gasteiger partial charge in [0, 0.05) is 18.1 Å². The lowest BCUT2D eigenvalue weighted by atomic mass is 10.1. The van der Waals surface area contributed by atoms with E-state index < -0.39 is 34.3 Å². The van der Waals surface area contributed by atoms with Crippen LogP contribution in [0, 0.1) is 12.7 Å². The topological polar surface area (TPSA) is 86.8 Å². The molecule has 0 spiro atoms. The van der Waals surface area contributed by atoms with E-state index in [0.717, 1.165) is 9.87 Å². The molecule has 38 heavy (non-hydrogen) atoms.